The van der Waals surface area contributed by atoms with E-state index in [1.54, 1.807) is 13.2 Å². The summed E-state index contributed by atoms with van der Waals surface area (Å²) in [5.41, 5.74) is 7.46. The van der Waals surface area contributed by atoms with Crippen molar-refractivity contribution in [3.63, 3.8) is 0 Å². The van der Waals surface area contributed by atoms with Crippen molar-refractivity contribution >= 4 is 17.6 Å². The number of fused-ring (bicyclic) bond motifs is 1. The Balaban J connectivity index is 2.34. The van der Waals surface area contributed by atoms with Crippen LogP contribution in [0.3, 0.4) is 0 Å². The number of benzene rings is 1. The van der Waals surface area contributed by atoms with Gasteiger partial charge in [0, 0.05) is 11.1 Å². The minimum atomic E-state index is -1.10. The van der Waals surface area contributed by atoms with Gasteiger partial charge >= 0.3 is 5.97 Å². The molecular weight excluding hydrogens is 272 g/mol. The van der Waals surface area contributed by atoms with E-state index in [-0.39, 0.29) is 11.6 Å². The van der Waals surface area contributed by atoms with E-state index in [1.807, 2.05) is 24.3 Å². The first-order valence-corrected chi connectivity index (χ1v) is 6.13. The first kappa shape index (κ1) is 12.9. The molecule has 0 aliphatic carbocycles. The second-order valence-corrected chi connectivity index (χ2v) is 4.34. The lowest BCUT2D eigenvalue weighted by atomic mass is 10.1. The van der Waals surface area contributed by atoms with Crippen LogP contribution in [0.25, 0.3) is 16.8 Å². The Morgan fingerprint density at radius 1 is 1.24 bits per heavy atom. The Morgan fingerprint density at radius 3 is 2.71 bits per heavy atom. The fourth-order valence-corrected chi connectivity index (χ4v) is 2.22. The van der Waals surface area contributed by atoms with Gasteiger partial charge in [-0.3, -0.25) is 0 Å². The highest BCUT2D eigenvalue weighted by Gasteiger charge is 2.17. The van der Waals surface area contributed by atoms with Gasteiger partial charge in [-0.05, 0) is 18.2 Å². The highest BCUT2D eigenvalue weighted by molar-refractivity contribution is 5.90. The number of carboxylic acid groups (broad SMARTS) is 1. The number of para-hydroxylation sites is 1. The number of carboxylic acids is 1. The molecule has 2 aromatic heterocycles. The fourth-order valence-electron chi connectivity index (χ4n) is 2.22. The normalized spacial score (nSPS) is 10.7. The third-order valence-corrected chi connectivity index (χ3v) is 3.12. The summed E-state index contributed by atoms with van der Waals surface area (Å²) in [5.74, 6) is -0.430. The smallest absolute Gasteiger partial charge is 0.354 e. The van der Waals surface area contributed by atoms with Gasteiger partial charge in [0.1, 0.15) is 5.75 Å². The zero-order valence-electron chi connectivity index (χ0n) is 11.1. The lowest BCUT2D eigenvalue weighted by Crippen LogP contribution is -2.07. The van der Waals surface area contributed by atoms with Crippen LogP contribution in [0.2, 0.25) is 0 Å². The van der Waals surface area contributed by atoms with Crippen LogP contribution in [-0.2, 0) is 0 Å². The molecule has 0 aliphatic rings. The number of ether oxygens (including phenoxy) is 1. The van der Waals surface area contributed by atoms with Crippen LogP contribution in [-0.4, -0.2) is 32.8 Å². The summed E-state index contributed by atoms with van der Waals surface area (Å²) >= 11 is 0. The van der Waals surface area contributed by atoms with Crippen LogP contribution in [0, 0.1) is 0 Å². The van der Waals surface area contributed by atoms with Crippen LogP contribution in [0.5, 0.6) is 5.75 Å². The summed E-state index contributed by atoms with van der Waals surface area (Å²) in [6.07, 6.45) is 0. The lowest BCUT2D eigenvalue weighted by Gasteiger charge is -2.09. The fraction of sp³-hybridized carbons (Fsp3) is 0.0714. The molecule has 7 nitrogen and oxygen atoms in total. The number of hydrogen-bond donors (Lipinski definition) is 2. The van der Waals surface area contributed by atoms with E-state index in [0.717, 1.165) is 5.56 Å². The molecule has 0 saturated carbocycles. The number of nitrogens with zero attached hydrogens (tertiary/aromatic N) is 3. The molecule has 1 aromatic carbocycles. The minimum absolute atomic E-state index is 0.00662. The third-order valence-electron chi connectivity index (χ3n) is 3.12. The Hall–Kier alpha value is -3.09. The molecule has 0 fully saturated rings. The molecular formula is C14H12N4O3. The first-order chi connectivity index (χ1) is 10.1. The van der Waals surface area contributed by atoms with Crippen molar-refractivity contribution in [3.8, 4) is 16.9 Å². The van der Waals surface area contributed by atoms with E-state index in [0.29, 0.717) is 17.0 Å². The SMILES string of the molecule is COc1ccccc1-c1ccc(C(=O)O)n2nc(N)nc12. The number of nitrogens with two attached hydrogens (primary N) is 1. The summed E-state index contributed by atoms with van der Waals surface area (Å²) in [4.78, 5) is 15.4. The molecule has 0 unspecified atom stereocenters. The zero-order valence-corrected chi connectivity index (χ0v) is 11.1. The quantitative estimate of drug-likeness (QED) is 0.758. The molecule has 0 saturated heterocycles. The monoisotopic (exact) mass is 284 g/mol. The van der Waals surface area contributed by atoms with Gasteiger partial charge < -0.3 is 15.6 Å². The third kappa shape index (κ3) is 2.04. The van der Waals surface area contributed by atoms with Gasteiger partial charge in [0.15, 0.2) is 11.3 Å². The molecule has 3 aromatic rings. The number of anilines is 1. The first-order valence-electron chi connectivity index (χ1n) is 6.13. The molecule has 7 heteroatoms. The van der Waals surface area contributed by atoms with Gasteiger partial charge in [-0.15, -0.1) is 5.10 Å². The molecule has 21 heavy (non-hydrogen) atoms. The van der Waals surface area contributed by atoms with Gasteiger partial charge in [-0.1, -0.05) is 18.2 Å². The van der Waals surface area contributed by atoms with E-state index in [1.165, 1.54) is 10.6 Å². The predicted octanol–water partition coefficient (Wildman–Crippen LogP) is 1.69. The van der Waals surface area contributed by atoms with Crippen molar-refractivity contribution in [1.29, 1.82) is 0 Å². The Morgan fingerprint density at radius 2 is 2.00 bits per heavy atom. The van der Waals surface area contributed by atoms with Crippen LogP contribution >= 0.6 is 0 Å². The Bertz CT molecular complexity index is 841. The van der Waals surface area contributed by atoms with E-state index in [4.69, 9.17) is 10.5 Å². The van der Waals surface area contributed by atoms with Crippen LogP contribution < -0.4 is 10.5 Å². The predicted molar refractivity (Wildman–Crippen MR) is 76.3 cm³/mol. The summed E-state index contributed by atoms with van der Waals surface area (Å²) in [6.45, 7) is 0. The van der Waals surface area contributed by atoms with Gasteiger partial charge in [0.2, 0.25) is 5.95 Å². The van der Waals surface area contributed by atoms with Gasteiger partial charge in [0.25, 0.3) is 0 Å². The molecule has 106 valence electrons. The zero-order chi connectivity index (χ0) is 15.0. The maximum absolute atomic E-state index is 11.2. The number of aromatic carboxylic acids is 1. The molecule has 0 amide bonds. The molecule has 3 rings (SSSR count). The topological polar surface area (TPSA) is 103 Å². The molecule has 2 heterocycles. The standard InChI is InChI=1S/C14H12N4O3/c1-21-11-5-3-2-4-8(11)9-6-7-10(13(19)20)18-12(9)16-14(15)17-18/h2-7H,1H3,(H2,15,17)(H,19,20). The molecule has 0 atom stereocenters. The molecule has 0 spiro atoms. The number of hydrogen-bond acceptors (Lipinski definition) is 5. The Labute approximate surface area is 119 Å². The van der Waals surface area contributed by atoms with Crippen molar-refractivity contribution in [2.75, 3.05) is 12.8 Å². The van der Waals surface area contributed by atoms with Crippen LogP contribution in [0.4, 0.5) is 5.95 Å². The number of methoxy groups -OCH3 is 1. The van der Waals surface area contributed by atoms with E-state index >= 15 is 0 Å². The van der Waals surface area contributed by atoms with Gasteiger partial charge in [-0.2, -0.15) is 4.98 Å². The average Bonchev–Trinajstić information content (AvgIpc) is 2.87. The highest BCUT2D eigenvalue weighted by atomic mass is 16.5. The van der Waals surface area contributed by atoms with Crippen LogP contribution in [0.1, 0.15) is 10.5 Å². The molecule has 3 N–H and O–H groups in total. The van der Waals surface area contributed by atoms with Gasteiger partial charge in [0.05, 0.1) is 7.11 Å². The van der Waals surface area contributed by atoms with Crippen molar-refractivity contribution in [2.24, 2.45) is 0 Å². The van der Waals surface area contributed by atoms with Crippen molar-refractivity contribution < 1.29 is 14.6 Å². The molecule has 0 aliphatic heterocycles. The van der Waals surface area contributed by atoms with Crippen molar-refractivity contribution in [3.05, 3.63) is 42.1 Å². The number of carbonyl (C=O) groups is 1. The van der Waals surface area contributed by atoms with Gasteiger partial charge in [-0.25, -0.2) is 9.31 Å². The van der Waals surface area contributed by atoms with E-state index < -0.39 is 5.97 Å². The number of nitrogen functional groups attached to an aromatic ring is 1. The van der Waals surface area contributed by atoms with Crippen molar-refractivity contribution in [1.82, 2.24) is 14.6 Å². The summed E-state index contributed by atoms with van der Waals surface area (Å²) in [7, 11) is 1.57. The van der Waals surface area contributed by atoms with E-state index in [9.17, 15) is 9.90 Å². The largest absolute Gasteiger partial charge is 0.496 e. The second kappa shape index (κ2) is 4.78. The minimum Gasteiger partial charge on any atom is -0.496 e. The summed E-state index contributed by atoms with van der Waals surface area (Å²) < 4.78 is 6.55. The number of pyridine rings is 1. The maximum Gasteiger partial charge on any atom is 0.354 e. The average molecular weight is 284 g/mol. The highest BCUT2D eigenvalue weighted by Crippen LogP contribution is 2.32. The second-order valence-electron chi connectivity index (χ2n) is 4.34. The summed E-state index contributed by atoms with van der Waals surface area (Å²) in [6, 6.07) is 10.5. The maximum atomic E-state index is 11.2. The van der Waals surface area contributed by atoms with E-state index in [2.05, 4.69) is 10.1 Å². The van der Waals surface area contributed by atoms with Crippen molar-refractivity contribution in [2.45, 2.75) is 0 Å². The molecule has 0 bridgehead atoms. The van der Waals surface area contributed by atoms with Crippen LogP contribution in [0.15, 0.2) is 36.4 Å². The lowest BCUT2D eigenvalue weighted by molar-refractivity contribution is 0.0687. The summed E-state index contributed by atoms with van der Waals surface area (Å²) in [5, 5.41) is 13.1. The number of aromatic nitrogens is 3. The molecule has 0 radical (unpaired) electrons. The number of rotatable bonds is 3. The Kier molecular flexibility index (Phi) is 2.94.